The first-order valence-corrected chi connectivity index (χ1v) is 12.0. The Morgan fingerprint density at radius 2 is 1.84 bits per heavy atom. The number of nitrogens with zero attached hydrogens (tertiary/aromatic N) is 2. The minimum absolute atomic E-state index is 0.118. The second-order valence-corrected chi connectivity index (χ2v) is 10.3. The lowest BCUT2D eigenvalue weighted by Gasteiger charge is -2.30. The van der Waals surface area contributed by atoms with Crippen molar-refractivity contribution >= 4 is 29.5 Å². The fourth-order valence-electron chi connectivity index (χ4n) is 2.53. The molecule has 1 fully saturated rings. The van der Waals surface area contributed by atoms with Crippen molar-refractivity contribution in [1.29, 1.82) is 0 Å². The van der Waals surface area contributed by atoms with Gasteiger partial charge in [0, 0.05) is 39.9 Å². The molecule has 8 nitrogen and oxygen atoms in total. The Hall–Kier alpha value is -1.16. The van der Waals surface area contributed by atoms with E-state index in [9.17, 15) is 14.4 Å². The molecular weight excluding hydrogens is 418 g/mol. The number of hydroxylamine groups is 2. The first-order chi connectivity index (χ1) is 14.3. The van der Waals surface area contributed by atoms with Crippen LogP contribution in [0.25, 0.3) is 0 Å². The van der Waals surface area contributed by atoms with E-state index in [1.165, 1.54) is 23.6 Å². The molecule has 1 heterocycles. The van der Waals surface area contributed by atoms with Gasteiger partial charge in [-0.3, -0.25) is 24.1 Å². The van der Waals surface area contributed by atoms with Gasteiger partial charge in [-0.25, -0.2) is 0 Å². The third-order valence-electron chi connectivity index (χ3n) is 4.28. The van der Waals surface area contributed by atoms with Crippen LogP contribution in [-0.4, -0.2) is 77.8 Å². The van der Waals surface area contributed by atoms with Crippen LogP contribution in [0.2, 0.25) is 0 Å². The smallest absolute Gasteiger partial charge is 0.242 e. The van der Waals surface area contributed by atoms with E-state index in [-0.39, 0.29) is 48.2 Å². The highest BCUT2D eigenvalue weighted by Gasteiger charge is 2.38. The lowest BCUT2D eigenvalue weighted by molar-refractivity contribution is -0.146. The summed E-state index contributed by atoms with van der Waals surface area (Å²) >= 11 is 1.39. The molecule has 0 aromatic carbocycles. The molecule has 31 heavy (non-hydrogen) atoms. The van der Waals surface area contributed by atoms with E-state index in [1.807, 2.05) is 20.9 Å². The van der Waals surface area contributed by atoms with Crippen LogP contribution in [0.15, 0.2) is 0 Å². The van der Waals surface area contributed by atoms with Crippen LogP contribution in [0, 0.1) is 5.41 Å². The first kappa shape index (κ1) is 29.8. The quantitative estimate of drug-likeness (QED) is 0.271. The van der Waals surface area contributed by atoms with E-state index in [0.717, 1.165) is 6.42 Å². The van der Waals surface area contributed by atoms with Crippen LogP contribution in [0.3, 0.4) is 0 Å². The van der Waals surface area contributed by atoms with Gasteiger partial charge in [-0.2, -0.15) is 5.06 Å². The molecule has 1 rings (SSSR count). The molecule has 0 aromatic heterocycles. The molecule has 1 aliphatic rings. The van der Waals surface area contributed by atoms with Gasteiger partial charge in [-0.15, -0.1) is 11.8 Å². The van der Waals surface area contributed by atoms with Crippen LogP contribution in [0.1, 0.15) is 68.2 Å². The van der Waals surface area contributed by atoms with E-state index in [2.05, 4.69) is 39.9 Å². The maximum Gasteiger partial charge on any atom is 0.242 e. The third-order valence-corrected chi connectivity index (χ3v) is 5.56. The number of imide groups is 1. The molecular formula is C22H43N3O5S. The first-order valence-electron chi connectivity index (χ1n) is 11.0. The standard InChI is InChI=1S/C20H37N3O5S.C2H6/c1-15(24)21-9-10-23-17(25)12-16(18(23)26)29-14-22(7)28-11-8-20(5,6)27-13-19(2,3)4;1-2/h16H,8-14H2,1-7H3,(H,21,24);1-2H3. The summed E-state index contributed by atoms with van der Waals surface area (Å²) in [4.78, 5) is 42.3. The van der Waals surface area contributed by atoms with Gasteiger partial charge in [0.1, 0.15) is 0 Å². The summed E-state index contributed by atoms with van der Waals surface area (Å²) in [6, 6.07) is 0. The highest BCUT2D eigenvalue weighted by molar-refractivity contribution is 8.00. The molecule has 0 aliphatic carbocycles. The van der Waals surface area contributed by atoms with E-state index < -0.39 is 5.25 Å². The van der Waals surface area contributed by atoms with E-state index in [0.29, 0.717) is 19.1 Å². The molecule has 0 saturated carbocycles. The number of hydrogen-bond acceptors (Lipinski definition) is 7. The Balaban J connectivity index is 0.00000436. The van der Waals surface area contributed by atoms with Crippen LogP contribution >= 0.6 is 11.8 Å². The number of rotatable bonds is 12. The van der Waals surface area contributed by atoms with Crippen molar-refractivity contribution in [3.63, 3.8) is 0 Å². The Bertz CT molecular complexity index is 578. The summed E-state index contributed by atoms with van der Waals surface area (Å²) < 4.78 is 5.98. The van der Waals surface area contributed by atoms with Crippen molar-refractivity contribution in [1.82, 2.24) is 15.3 Å². The van der Waals surface area contributed by atoms with Crippen molar-refractivity contribution < 1.29 is 24.0 Å². The van der Waals surface area contributed by atoms with Crippen molar-refractivity contribution in [3.8, 4) is 0 Å². The molecule has 0 aromatic rings. The number of hydrogen-bond donors (Lipinski definition) is 1. The van der Waals surface area contributed by atoms with Crippen molar-refractivity contribution in [2.75, 3.05) is 39.2 Å². The number of carbonyl (C=O) groups excluding carboxylic acids is 3. The number of ether oxygens (including phenoxy) is 1. The second kappa shape index (κ2) is 14.1. The Morgan fingerprint density at radius 1 is 1.23 bits per heavy atom. The van der Waals surface area contributed by atoms with E-state index in [1.54, 1.807) is 5.06 Å². The van der Waals surface area contributed by atoms with Crippen molar-refractivity contribution in [3.05, 3.63) is 0 Å². The lowest BCUT2D eigenvalue weighted by atomic mass is 9.97. The zero-order valence-corrected chi connectivity index (χ0v) is 21.7. The molecule has 3 amide bonds. The predicted molar refractivity (Wildman–Crippen MR) is 125 cm³/mol. The van der Waals surface area contributed by atoms with Gasteiger partial charge in [0.15, 0.2) is 0 Å². The number of nitrogens with one attached hydrogen (secondary N) is 1. The second-order valence-electron chi connectivity index (χ2n) is 9.18. The minimum atomic E-state index is -0.405. The molecule has 1 atom stereocenters. The molecule has 182 valence electrons. The maximum absolute atomic E-state index is 12.4. The zero-order valence-electron chi connectivity index (χ0n) is 20.9. The van der Waals surface area contributed by atoms with Crippen molar-refractivity contribution in [2.45, 2.75) is 79.1 Å². The predicted octanol–water partition coefficient (Wildman–Crippen LogP) is 3.06. The fourth-order valence-corrected chi connectivity index (χ4v) is 3.52. The maximum atomic E-state index is 12.4. The van der Waals surface area contributed by atoms with Crippen molar-refractivity contribution in [2.24, 2.45) is 5.41 Å². The molecule has 1 unspecified atom stereocenters. The van der Waals surface area contributed by atoms with Gasteiger partial charge in [0.05, 0.1) is 29.9 Å². The number of carbonyl (C=O) groups is 3. The highest BCUT2D eigenvalue weighted by atomic mass is 32.2. The van der Waals surface area contributed by atoms with E-state index in [4.69, 9.17) is 9.57 Å². The van der Waals surface area contributed by atoms with Gasteiger partial charge in [-0.1, -0.05) is 34.6 Å². The Labute approximate surface area is 192 Å². The summed E-state index contributed by atoms with van der Waals surface area (Å²) in [5.41, 5.74) is -0.156. The molecule has 0 bridgehead atoms. The normalized spacial score (nSPS) is 17.1. The summed E-state index contributed by atoms with van der Waals surface area (Å²) in [6.45, 7) is 17.6. The number of amides is 3. The van der Waals surface area contributed by atoms with Crippen LogP contribution in [0.4, 0.5) is 0 Å². The van der Waals surface area contributed by atoms with Crippen LogP contribution in [0.5, 0.6) is 0 Å². The topological polar surface area (TPSA) is 88.2 Å². The average Bonchev–Trinajstić information content (AvgIpc) is 2.93. The van der Waals surface area contributed by atoms with Gasteiger partial charge in [0.25, 0.3) is 0 Å². The van der Waals surface area contributed by atoms with E-state index >= 15 is 0 Å². The largest absolute Gasteiger partial charge is 0.375 e. The SMILES string of the molecule is CC.CC(=O)NCCN1C(=O)CC(SCN(C)OCCC(C)(C)OCC(C)(C)C)C1=O. The van der Waals surface area contributed by atoms with Gasteiger partial charge >= 0.3 is 0 Å². The molecule has 1 aliphatic heterocycles. The average molecular weight is 462 g/mol. The fraction of sp³-hybridized carbons (Fsp3) is 0.864. The third kappa shape index (κ3) is 13.1. The molecule has 0 spiro atoms. The van der Waals surface area contributed by atoms with Gasteiger partial charge < -0.3 is 10.1 Å². The zero-order chi connectivity index (χ0) is 24.2. The summed E-state index contributed by atoms with van der Waals surface area (Å²) in [5.74, 6) is -0.0950. The highest BCUT2D eigenvalue weighted by Crippen LogP contribution is 2.26. The monoisotopic (exact) mass is 461 g/mol. The Kier molecular flexibility index (Phi) is 13.6. The molecule has 1 N–H and O–H groups in total. The number of thioether (sulfide) groups is 1. The minimum Gasteiger partial charge on any atom is -0.375 e. The van der Waals surface area contributed by atoms with Crippen LogP contribution in [-0.2, 0) is 24.0 Å². The summed E-state index contributed by atoms with van der Waals surface area (Å²) in [6.07, 6.45) is 0.931. The summed E-state index contributed by atoms with van der Waals surface area (Å²) in [7, 11) is 1.81. The number of likely N-dealkylation sites (tertiary alicyclic amines) is 1. The molecule has 0 radical (unpaired) electrons. The van der Waals surface area contributed by atoms with Gasteiger partial charge in [0.2, 0.25) is 17.7 Å². The molecule has 9 heteroatoms. The summed E-state index contributed by atoms with van der Waals surface area (Å²) in [5, 5.41) is 3.88. The molecule has 1 saturated heterocycles. The van der Waals surface area contributed by atoms with Gasteiger partial charge in [-0.05, 0) is 19.3 Å². The Morgan fingerprint density at radius 3 is 2.39 bits per heavy atom. The van der Waals surface area contributed by atoms with Crippen LogP contribution < -0.4 is 5.32 Å². The lowest BCUT2D eigenvalue weighted by Crippen LogP contribution is -2.38.